The first-order chi connectivity index (χ1) is 15.0. The van der Waals surface area contributed by atoms with E-state index in [1.165, 1.54) is 57.8 Å². The molecule has 0 saturated carbocycles. The van der Waals surface area contributed by atoms with E-state index in [9.17, 15) is 17.6 Å². The predicted octanol–water partition coefficient (Wildman–Crippen LogP) is 9.34. The average Bonchev–Trinajstić information content (AvgIpc) is 2.76. The minimum absolute atomic E-state index is 0.0653. The molecule has 0 N–H and O–H groups in total. The van der Waals surface area contributed by atoms with Crippen molar-refractivity contribution in [1.29, 1.82) is 0 Å². The van der Waals surface area contributed by atoms with E-state index in [2.05, 4.69) is 16.9 Å². The zero-order chi connectivity index (χ0) is 22.9. The van der Waals surface area contributed by atoms with Crippen molar-refractivity contribution in [2.24, 2.45) is 5.11 Å². The highest BCUT2D eigenvalue weighted by Gasteiger charge is 2.18. The maximum absolute atomic E-state index is 13.7. The third-order valence-electron chi connectivity index (χ3n) is 5.77. The quantitative estimate of drug-likeness (QED) is 0.0413. The highest BCUT2D eigenvalue weighted by atomic mass is 19.2. The third-order valence-corrected chi connectivity index (χ3v) is 5.77. The van der Waals surface area contributed by atoms with E-state index in [4.69, 9.17) is 5.53 Å². The van der Waals surface area contributed by atoms with Crippen LogP contribution in [0.25, 0.3) is 10.4 Å². The van der Waals surface area contributed by atoms with Crippen LogP contribution < -0.4 is 0 Å². The number of hydrogen-bond donors (Lipinski definition) is 0. The summed E-state index contributed by atoms with van der Waals surface area (Å²) in [6.07, 6.45) is 16.7. The smallest absolute Gasteiger partial charge is 0.197 e. The molecule has 0 bridgehead atoms. The van der Waals surface area contributed by atoms with Gasteiger partial charge >= 0.3 is 0 Å². The van der Waals surface area contributed by atoms with Gasteiger partial charge < -0.3 is 0 Å². The summed E-state index contributed by atoms with van der Waals surface area (Å²) in [4.78, 5) is 2.88. The van der Waals surface area contributed by atoms with Crippen LogP contribution in [0.4, 0.5) is 17.6 Å². The first-order valence-corrected chi connectivity index (χ1v) is 11.9. The van der Waals surface area contributed by atoms with Gasteiger partial charge in [-0.2, -0.15) is 0 Å². The van der Waals surface area contributed by atoms with Crippen molar-refractivity contribution in [3.05, 3.63) is 45.3 Å². The van der Waals surface area contributed by atoms with E-state index in [0.29, 0.717) is 18.9 Å². The van der Waals surface area contributed by atoms with Gasteiger partial charge in [0.2, 0.25) is 0 Å². The number of rotatable bonds is 18. The van der Waals surface area contributed by atoms with Gasteiger partial charge in [-0.05, 0) is 42.8 Å². The fourth-order valence-corrected chi connectivity index (χ4v) is 3.89. The lowest BCUT2D eigenvalue weighted by Gasteiger charge is -2.11. The van der Waals surface area contributed by atoms with Crippen molar-refractivity contribution in [2.75, 3.05) is 0 Å². The van der Waals surface area contributed by atoms with Gasteiger partial charge in [0.15, 0.2) is 23.3 Å². The Morgan fingerprint density at radius 3 is 1.81 bits per heavy atom. The van der Waals surface area contributed by atoms with Crippen molar-refractivity contribution in [2.45, 2.75) is 116 Å². The number of azide groups is 1. The molecule has 0 aromatic heterocycles. The SMILES string of the molecule is CCCCCCCCCCCCCCC(CCCc1cc(F)c(F)c(F)c1F)N=[N+]=[N-]. The average molecular weight is 444 g/mol. The molecule has 3 nitrogen and oxygen atoms in total. The maximum Gasteiger partial charge on any atom is 0.197 e. The third kappa shape index (κ3) is 11.4. The maximum atomic E-state index is 13.7. The molecule has 0 saturated heterocycles. The van der Waals surface area contributed by atoms with Crippen LogP contribution in [0.5, 0.6) is 0 Å². The molecule has 0 heterocycles. The number of benzene rings is 1. The second-order valence-corrected chi connectivity index (χ2v) is 8.39. The van der Waals surface area contributed by atoms with E-state index in [1.807, 2.05) is 0 Å². The Labute approximate surface area is 184 Å². The number of hydrogen-bond acceptors (Lipinski definition) is 1. The van der Waals surface area contributed by atoms with Crippen LogP contribution in [-0.2, 0) is 6.42 Å². The van der Waals surface area contributed by atoms with Crippen LogP contribution in [0.2, 0.25) is 0 Å². The highest BCUT2D eigenvalue weighted by molar-refractivity contribution is 5.21. The van der Waals surface area contributed by atoms with E-state index < -0.39 is 23.3 Å². The van der Waals surface area contributed by atoms with Crippen LogP contribution in [0.15, 0.2) is 11.2 Å². The first-order valence-electron chi connectivity index (χ1n) is 11.9. The van der Waals surface area contributed by atoms with E-state index >= 15 is 0 Å². The molecule has 7 heteroatoms. The van der Waals surface area contributed by atoms with Crippen molar-refractivity contribution in [1.82, 2.24) is 0 Å². The van der Waals surface area contributed by atoms with Gasteiger partial charge in [0, 0.05) is 11.0 Å². The monoisotopic (exact) mass is 443 g/mol. The molecule has 0 amide bonds. The van der Waals surface area contributed by atoms with E-state index in [-0.39, 0.29) is 18.0 Å². The molecule has 1 atom stereocenters. The van der Waals surface area contributed by atoms with Gasteiger partial charge in [-0.15, -0.1) is 0 Å². The number of aryl methyl sites for hydroxylation is 1. The molecule has 0 fully saturated rings. The molecule has 0 aliphatic carbocycles. The molecule has 1 unspecified atom stereocenters. The molecular formula is C24H37F4N3. The minimum Gasteiger partial charge on any atom is -0.204 e. The van der Waals surface area contributed by atoms with Crippen molar-refractivity contribution < 1.29 is 17.6 Å². The molecule has 0 aliphatic rings. The van der Waals surface area contributed by atoms with Gasteiger partial charge in [0.25, 0.3) is 0 Å². The van der Waals surface area contributed by atoms with Crippen molar-refractivity contribution in [3.63, 3.8) is 0 Å². The summed E-state index contributed by atoms with van der Waals surface area (Å²) in [5, 5.41) is 3.79. The standard InChI is InChI=1S/C24H37F4N3/c1-2-3-4-5-6-7-8-9-10-11-12-13-16-20(30-31-29)17-14-15-19-18-21(25)23(27)24(28)22(19)26/h18,20H,2-17H2,1H3. The summed E-state index contributed by atoms with van der Waals surface area (Å²) in [7, 11) is 0. The van der Waals surface area contributed by atoms with Crippen LogP contribution in [-0.4, -0.2) is 6.04 Å². The molecule has 176 valence electrons. The molecule has 0 aliphatic heterocycles. The normalized spacial score (nSPS) is 12.0. The van der Waals surface area contributed by atoms with Crippen LogP contribution >= 0.6 is 0 Å². The fraction of sp³-hybridized carbons (Fsp3) is 0.750. The molecule has 0 spiro atoms. The molecular weight excluding hydrogens is 406 g/mol. The molecule has 1 rings (SSSR count). The molecule has 1 aromatic carbocycles. The molecule has 31 heavy (non-hydrogen) atoms. The van der Waals surface area contributed by atoms with E-state index in [0.717, 1.165) is 25.7 Å². The Morgan fingerprint density at radius 2 is 1.26 bits per heavy atom. The second-order valence-electron chi connectivity index (χ2n) is 8.39. The lowest BCUT2D eigenvalue weighted by molar-refractivity contribution is 0.402. The minimum atomic E-state index is -1.79. The van der Waals surface area contributed by atoms with Gasteiger partial charge in [-0.1, -0.05) is 89.1 Å². The van der Waals surface area contributed by atoms with Crippen LogP contribution in [0.1, 0.15) is 109 Å². The summed E-state index contributed by atoms with van der Waals surface area (Å²) in [5.41, 5.74) is 8.56. The summed E-state index contributed by atoms with van der Waals surface area (Å²) in [6.45, 7) is 2.23. The predicted molar refractivity (Wildman–Crippen MR) is 118 cm³/mol. The number of nitrogens with zero attached hydrogens (tertiary/aromatic N) is 3. The van der Waals surface area contributed by atoms with E-state index in [1.54, 1.807) is 0 Å². The van der Waals surface area contributed by atoms with Gasteiger partial charge in [-0.3, -0.25) is 0 Å². The Kier molecular flexibility index (Phi) is 14.9. The zero-order valence-corrected chi connectivity index (χ0v) is 18.8. The Balaban J connectivity index is 2.17. The summed E-state index contributed by atoms with van der Waals surface area (Å²) in [6, 6.07) is 0.480. The van der Waals surface area contributed by atoms with Crippen LogP contribution in [0.3, 0.4) is 0 Å². The van der Waals surface area contributed by atoms with Crippen LogP contribution in [0, 0.1) is 23.3 Å². The Hall–Kier alpha value is -1.75. The topological polar surface area (TPSA) is 48.8 Å². The summed E-state index contributed by atoms with van der Waals surface area (Å²) < 4.78 is 53.3. The Morgan fingerprint density at radius 1 is 0.742 bits per heavy atom. The van der Waals surface area contributed by atoms with Gasteiger partial charge in [-0.25, -0.2) is 17.6 Å². The van der Waals surface area contributed by atoms with Gasteiger partial charge in [0.05, 0.1) is 0 Å². The van der Waals surface area contributed by atoms with Crippen molar-refractivity contribution >= 4 is 0 Å². The lowest BCUT2D eigenvalue weighted by Crippen LogP contribution is -2.06. The number of halogens is 4. The zero-order valence-electron chi connectivity index (χ0n) is 18.8. The first kappa shape index (κ1) is 27.3. The van der Waals surface area contributed by atoms with Gasteiger partial charge in [0.1, 0.15) is 0 Å². The summed E-state index contributed by atoms with van der Waals surface area (Å²) >= 11 is 0. The molecule has 1 aromatic rings. The Bertz CT molecular complexity index is 675. The lowest BCUT2D eigenvalue weighted by atomic mass is 9.99. The highest BCUT2D eigenvalue weighted by Crippen LogP contribution is 2.22. The second kappa shape index (κ2) is 16.9. The largest absolute Gasteiger partial charge is 0.204 e. The fourth-order valence-electron chi connectivity index (χ4n) is 3.89. The number of unbranched alkanes of at least 4 members (excludes halogenated alkanes) is 11. The molecule has 0 radical (unpaired) electrons. The summed E-state index contributed by atoms with van der Waals surface area (Å²) in [5.74, 6) is -6.31. The van der Waals surface area contributed by atoms with Crippen molar-refractivity contribution in [3.8, 4) is 0 Å².